The van der Waals surface area contributed by atoms with Gasteiger partial charge in [0.15, 0.2) is 23.0 Å². The van der Waals surface area contributed by atoms with Crippen LogP contribution in [0.1, 0.15) is 86.3 Å². The number of hydrogen-bond donors (Lipinski definition) is 3. The number of anilines is 4. The number of para-hydroxylation sites is 1. The minimum Gasteiger partial charge on any atom is -0.491 e. The van der Waals surface area contributed by atoms with Crippen molar-refractivity contribution in [2.75, 3.05) is 87.5 Å². The number of carbonyl (C=O) groups excluding carboxylic acids is 1. The van der Waals surface area contributed by atoms with Crippen molar-refractivity contribution in [2.24, 2.45) is 11.3 Å². The van der Waals surface area contributed by atoms with Gasteiger partial charge in [-0.2, -0.15) is 4.98 Å². The van der Waals surface area contributed by atoms with Crippen LogP contribution in [0.2, 0.25) is 0 Å². The molecule has 20 nitrogen and oxygen atoms in total. The summed E-state index contributed by atoms with van der Waals surface area (Å²) in [7, 11) is -4.74. The van der Waals surface area contributed by atoms with Gasteiger partial charge in [-0.25, -0.2) is 21.9 Å². The molecule has 6 aromatic rings. The van der Waals surface area contributed by atoms with Crippen molar-refractivity contribution < 1.29 is 55.3 Å². The molecule has 8 aliphatic rings. The molecule has 1 amide bonds. The number of nitrogens with one attached hydrogen (secondary N) is 3. The fourth-order valence-electron chi connectivity index (χ4n) is 14.7. The Kier molecular flexibility index (Phi) is 14.5. The van der Waals surface area contributed by atoms with Gasteiger partial charge in [0.1, 0.15) is 42.2 Å². The Morgan fingerprint density at radius 3 is 2.52 bits per heavy atom. The van der Waals surface area contributed by atoms with Crippen LogP contribution in [0.15, 0.2) is 90.0 Å². The number of ether oxygens (including phenoxy) is 6. The third-order valence-corrected chi connectivity index (χ3v) is 20.3. The van der Waals surface area contributed by atoms with Gasteiger partial charge in [0.2, 0.25) is 5.88 Å². The maximum absolute atomic E-state index is 15.0. The first-order valence-electron chi connectivity index (χ1n) is 29.8. The highest BCUT2D eigenvalue weighted by molar-refractivity contribution is 7.90. The normalized spacial score (nSPS) is 24.4. The molecule has 2 aromatic heterocycles. The molecule has 0 radical (unpaired) electrons. The monoisotopic (exact) mass is 1190 g/mol. The number of aromatic amines is 1. The summed E-state index contributed by atoms with van der Waals surface area (Å²) in [5.74, 6) is -0.716. The van der Waals surface area contributed by atoms with Crippen LogP contribution in [0.4, 0.5) is 37.2 Å². The molecule has 1 saturated carbocycles. The Bertz CT molecular complexity index is 3680. The van der Waals surface area contributed by atoms with E-state index in [4.69, 9.17) is 33.4 Å². The molecule has 0 bridgehead atoms. The summed E-state index contributed by atoms with van der Waals surface area (Å²) in [5, 5.41) is 16.7. The molecule has 85 heavy (non-hydrogen) atoms. The molecule has 0 unspecified atom stereocenters. The number of piperazine rings is 1. The van der Waals surface area contributed by atoms with Crippen LogP contribution < -0.4 is 38.8 Å². The number of hydrogen-bond acceptors (Lipinski definition) is 17. The zero-order chi connectivity index (χ0) is 58.3. The second-order valence-electron chi connectivity index (χ2n) is 24.5. The van der Waals surface area contributed by atoms with E-state index in [1.807, 2.05) is 50.2 Å². The van der Waals surface area contributed by atoms with Gasteiger partial charge in [-0.1, -0.05) is 18.2 Å². The molecule has 9 heterocycles. The van der Waals surface area contributed by atoms with E-state index >= 15 is 0 Å². The number of sulfonamides is 1. The summed E-state index contributed by atoms with van der Waals surface area (Å²) in [6.07, 6.45) is 7.73. The largest absolute Gasteiger partial charge is 0.491 e. The van der Waals surface area contributed by atoms with Crippen LogP contribution in [0.25, 0.3) is 11.0 Å². The summed E-state index contributed by atoms with van der Waals surface area (Å²) in [4.78, 5) is 43.9. The van der Waals surface area contributed by atoms with Gasteiger partial charge >= 0.3 is 0 Å². The Hall–Kier alpha value is -7.31. The molecule has 4 aromatic carbocycles. The SMILES string of the molecule is CC(C)Oc1ccccc1[C@@H]1CN([C@H]2COc3c(F)cc(F)cc3C2)CCN1C1CC2(CCN(c3ccc(C(=O)NS(=O)(=O)c4cc5c(c([N+](=O)[O-])c4)N[C@H](C4CCOCC4)CO5)c(N4c5cc6cc[nH]c6nc5O[C@H]5COCC[C@@H]54)c3)CC2)C1. The second kappa shape index (κ2) is 22.2. The van der Waals surface area contributed by atoms with E-state index in [2.05, 4.69) is 46.8 Å². The van der Waals surface area contributed by atoms with Gasteiger partial charge < -0.3 is 48.5 Å². The standard InChI is InChI=1S/C62H69F2N9O11S/c1-36(2)83-54-6-4-3-5-45(54)53-32-70(42-24-39-23-40(63)26-47(64)58(39)82-33-42)18-19-71(53)43-30-62(31-43)13-16-69(17-14-62)41-7-8-46(50(27-41)72-49-12-22-80-35-56(49)84-61-52(72)25-38-9-15-65-59(38)67-61)60(74)68-85(77,78)44-28-51(73(75)76)57-55(29-44)81-34-48(66-57)37-10-20-79-21-11-37/h3-9,15,23,25-29,36-37,42-43,48-49,53,56,66H,10-14,16-22,24,30-35H2,1-2H3,(H,65,67)(H,68,74)/t42-,48+,49+,53+,56+/m1/s1. The highest BCUT2D eigenvalue weighted by Crippen LogP contribution is 2.54. The molecule has 14 rings (SSSR count). The first kappa shape index (κ1) is 55.6. The molecule has 7 aliphatic heterocycles. The molecule has 448 valence electrons. The highest BCUT2D eigenvalue weighted by atomic mass is 32.2. The van der Waals surface area contributed by atoms with Crippen LogP contribution in [0.3, 0.4) is 0 Å². The van der Waals surface area contributed by atoms with E-state index in [9.17, 15) is 32.1 Å². The predicted octanol–water partition coefficient (Wildman–Crippen LogP) is 9.05. The van der Waals surface area contributed by atoms with Crippen molar-refractivity contribution >= 4 is 55.4 Å². The first-order valence-corrected chi connectivity index (χ1v) is 31.3. The summed E-state index contributed by atoms with van der Waals surface area (Å²) in [6, 6.07) is 21.8. The molecular formula is C62H69F2N9O11S. The summed E-state index contributed by atoms with van der Waals surface area (Å²) >= 11 is 0. The molecular weight excluding hydrogens is 1120 g/mol. The molecule has 1 aliphatic carbocycles. The van der Waals surface area contributed by atoms with Crippen LogP contribution in [-0.4, -0.2) is 148 Å². The lowest BCUT2D eigenvalue weighted by atomic mass is 9.59. The number of benzene rings is 4. The lowest BCUT2D eigenvalue weighted by molar-refractivity contribution is -0.384. The third kappa shape index (κ3) is 10.5. The molecule has 4 saturated heterocycles. The van der Waals surface area contributed by atoms with Gasteiger partial charge in [0, 0.05) is 111 Å². The summed E-state index contributed by atoms with van der Waals surface area (Å²) in [5.41, 5.74) is 3.99. The van der Waals surface area contributed by atoms with Crippen molar-refractivity contribution in [1.82, 2.24) is 24.5 Å². The van der Waals surface area contributed by atoms with Crippen molar-refractivity contribution in [3.63, 3.8) is 0 Å². The van der Waals surface area contributed by atoms with Gasteiger partial charge in [-0.05, 0) is 119 Å². The fraction of sp³-hybridized carbons (Fsp3) is 0.484. The van der Waals surface area contributed by atoms with Gasteiger partial charge in [0.05, 0.1) is 51.9 Å². The van der Waals surface area contributed by atoms with Crippen LogP contribution in [0, 0.1) is 33.1 Å². The number of pyridine rings is 1. The molecule has 3 N–H and O–H groups in total. The summed E-state index contributed by atoms with van der Waals surface area (Å²) in [6.45, 7) is 10.2. The highest BCUT2D eigenvalue weighted by Gasteiger charge is 2.51. The quantitative estimate of drug-likeness (QED) is 0.0769. The second-order valence-corrected chi connectivity index (χ2v) is 26.1. The minimum absolute atomic E-state index is 0.00303. The van der Waals surface area contributed by atoms with Crippen LogP contribution >= 0.6 is 0 Å². The smallest absolute Gasteiger partial charge is 0.297 e. The average Bonchev–Trinajstić information content (AvgIpc) is 3.26. The van der Waals surface area contributed by atoms with Gasteiger partial charge in [-0.3, -0.25) is 24.7 Å². The van der Waals surface area contributed by atoms with E-state index in [1.165, 1.54) is 12.1 Å². The van der Waals surface area contributed by atoms with E-state index in [0.717, 1.165) is 99.2 Å². The number of carbonyl (C=O) groups is 1. The maximum Gasteiger partial charge on any atom is 0.297 e. The Morgan fingerprint density at radius 1 is 0.894 bits per heavy atom. The van der Waals surface area contributed by atoms with E-state index in [1.54, 1.807) is 12.3 Å². The van der Waals surface area contributed by atoms with Gasteiger partial charge in [-0.15, -0.1) is 0 Å². The van der Waals surface area contributed by atoms with Crippen molar-refractivity contribution in [1.29, 1.82) is 0 Å². The number of halogens is 2. The lowest BCUT2D eigenvalue weighted by Gasteiger charge is -2.58. The number of amides is 1. The van der Waals surface area contributed by atoms with Gasteiger partial charge in [0.25, 0.3) is 21.6 Å². The number of H-pyrrole nitrogens is 1. The third-order valence-electron chi connectivity index (χ3n) is 19.0. The molecule has 5 atom stereocenters. The number of aromatic nitrogens is 2. The van der Waals surface area contributed by atoms with E-state index in [0.29, 0.717) is 80.3 Å². The number of nitro groups is 1. The minimum atomic E-state index is -4.74. The number of fused-ring (bicyclic) bond motifs is 5. The number of nitrogens with zero attached hydrogens (tertiary/aromatic N) is 6. The Balaban J connectivity index is 0.732. The maximum atomic E-state index is 15.0. The topological polar surface area (TPSA) is 215 Å². The van der Waals surface area contributed by atoms with Crippen molar-refractivity contribution in [3.8, 4) is 23.1 Å². The Morgan fingerprint density at radius 2 is 1.71 bits per heavy atom. The average molecular weight is 1190 g/mol. The summed E-state index contributed by atoms with van der Waals surface area (Å²) < 4.78 is 97.0. The van der Waals surface area contributed by atoms with Crippen molar-refractivity contribution in [2.45, 2.75) is 113 Å². The zero-order valence-corrected chi connectivity index (χ0v) is 48.3. The lowest BCUT2D eigenvalue weighted by Crippen LogP contribution is -2.61. The molecule has 1 spiro atoms. The number of rotatable bonds is 12. The van der Waals surface area contributed by atoms with Crippen LogP contribution in [-0.2, 0) is 25.9 Å². The fourth-order valence-corrected chi connectivity index (χ4v) is 15.7. The molecule has 23 heteroatoms. The number of piperidine rings is 1. The predicted molar refractivity (Wildman–Crippen MR) is 312 cm³/mol. The van der Waals surface area contributed by atoms with Crippen molar-refractivity contribution in [3.05, 3.63) is 123 Å². The first-order chi connectivity index (χ1) is 41.1. The molecule has 5 fully saturated rings. The number of nitro benzene ring substituents is 1. The van der Waals surface area contributed by atoms with Crippen LogP contribution in [0.5, 0.6) is 23.1 Å². The van der Waals surface area contributed by atoms with E-state index in [-0.39, 0.29) is 77.6 Å². The Labute approximate surface area is 491 Å². The zero-order valence-electron chi connectivity index (χ0n) is 47.5. The van der Waals surface area contributed by atoms with E-state index < -0.39 is 49.2 Å².